The normalized spacial score (nSPS) is 22.6. The number of aliphatic hydroxyl groups excluding tert-OH is 1. The van der Waals surface area contributed by atoms with Crippen molar-refractivity contribution in [3.05, 3.63) is 47.8 Å². The first-order valence-electron chi connectivity index (χ1n) is 8.52. The van der Waals surface area contributed by atoms with Gasteiger partial charge in [0.05, 0.1) is 5.69 Å². The summed E-state index contributed by atoms with van der Waals surface area (Å²) in [5.41, 5.74) is 3.24. The highest BCUT2D eigenvalue weighted by atomic mass is 16.3. The lowest BCUT2D eigenvalue weighted by atomic mass is 9.77. The fraction of sp³-hybridized carbons (Fsp3) is 0.421. The zero-order valence-electron chi connectivity index (χ0n) is 13.6. The van der Waals surface area contributed by atoms with Crippen LogP contribution in [0.15, 0.2) is 36.5 Å². The smallest absolute Gasteiger partial charge is 0.248 e. The number of nitrogens with zero attached hydrogens (tertiary/aromatic N) is 3. The molecule has 124 valence electrons. The van der Waals surface area contributed by atoms with E-state index in [9.17, 15) is 9.90 Å². The van der Waals surface area contributed by atoms with Crippen molar-refractivity contribution in [2.24, 2.45) is 0 Å². The van der Waals surface area contributed by atoms with E-state index in [4.69, 9.17) is 4.98 Å². The molecule has 0 saturated carbocycles. The highest BCUT2D eigenvalue weighted by Crippen LogP contribution is 2.44. The van der Waals surface area contributed by atoms with Gasteiger partial charge in [-0.05, 0) is 31.2 Å². The molecule has 1 saturated heterocycles. The largest absolute Gasteiger partial charge is 0.387 e. The molecule has 5 nitrogen and oxygen atoms in total. The molecular weight excluding hydrogens is 302 g/mol. The minimum Gasteiger partial charge on any atom is -0.387 e. The van der Waals surface area contributed by atoms with E-state index in [-0.39, 0.29) is 11.3 Å². The van der Waals surface area contributed by atoms with Crippen molar-refractivity contribution in [3.63, 3.8) is 0 Å². The average Bonchev–Trinajstić information content (AvgIpc) is 2.99. The highest BCUT2D eigenvalue weighted by Gasteiger charge is 2.44. The van der Waals surface area contributed by atoms with Crippen LogP contribution in [0.1, 0.15) is 30.5 Å². The molecule has 0 bridgehead atoms. The van der Waals surface area contributed by atoms with Crippen LogP contribution >= 0.6 is 0 Å². The first-order valence-corrected chi connectivity index (χ1v) is 8.52. The summed E-state index contributed by atoms with van der Waals surface area (Å²) in [6.45, 7) is 0.972. The zero-order valence-corrected chi connectivity index (χ0v) is 13.6. The fourth-order valence-electron chi connectivity index (χ4n) is 4.11. The van der Waals surface area contributed by atoms with Crippen molar-refractivity contribution >= 4 is 5.91 Å². The average molecular weight is 323 g/mol. The van der Waals surface area contributed by atoms with Gasteiger partial charge in [-0.15, -0.1) is 0 Å². The molecule has 1 fully saturated rings. The van der Waals surface area contributed by atoms with Gasteiger partial charge in [-0.25, -0.2) is 9.97 Å². The van der Waals surface area contributed by atoms with E-state index in [1.54, 1.807) is 4.90 Å². The second kappa shape index (κ2) is 5.98. The maximum Gasteiger partial charge on any atom is 0.248 e. The third-order valence-corrected chi connectivity index (χ3v) is 5.34. The summed E-state index contributed by atoms with van der Waals surface area (Å²) in [6, 6.07) is 10.0. The zero-order chi connectivity index (χ0) is 16.6. The Morgan fingerprint density at radius 3 is 2.88 bits per heavy atom. The molecule has 4 rings (SSSR count). The van der Waals surface area contributed by atoms with Crippen molar-refractivity contribution in [1.29, 1.82) is 0 Å². The SMILES string of the molecule is O=C(CO)N1CCCC2(CCc3cnc(-c4ccccc4)nc32)C1. The monoisotopic (exact) mass is 323 g/mol. The van der Waals surface area contributed by atoms with Crippen molar-refractivity contribution in [2.45, 2.75) is 31.1 Å². The summed E-state index contributed by atoms with van der Waals surface area (Å²) in [6.07, 6.45) is 5.92. The summed E-state index contributed by atoms with van der Waals surface area (Å²) in [5, 5.41) is 9.19. The van der Waals surface area contributed by atoms with Crippen molar-refractivity contribution < 1.29 is 9.90 Å². The van der Waals surface area contributed by atoms with E-state index in [0.29, 0.717) is 6.54 Å². The van der Waals surface area contributed by atoms with Crippen LogP contribution in [0.25, 0.3) is 11.4 Å². The van der Waals surface area contributed by atoms with E-state index < -0.39 is 6.61 Å². The third-order valence-electron chi connectivity index (χ3n) is 5.34. The number of rotatable bonds is 2. The molecular formula is C19H21N3O2. The fourth-order valence-corrected chi connectivity index (χ4v) is 4.11. The molecule has 1 atom stereocenters. The number of carbonyl (C=O) groups is 1. The molecule has 1 aliphatic heterocycles. The Morgan fingerprint density at radius 1 is 1.25 bits per heavy atom. The Bertz CT molecular complexity index is 758. The van der Waals surface area contributed by atoms with Gasteiger partial charge in [0.1, 0.15) is 6.61 Å². The van der Waals surface area contributed by atoms with Gasteiger partial charge >= 0.3 is 0 Å². The number of fused-ring (bicyclic) bond motifs is 2. The van der Waals surface area contributed by atoms with Gasteiger partial charge < -0.3 is 10.0 Å². The number of hydrogen-bond donors (Lipinski definition) is 1. The molecule has 2 aliphatic rings. The molecule has 0 radical (unpaired) electrons. The van der Waals surface area contributed by atoms with Gasteiger partial charge in [0.2, 0.25) is 5.91 Å². The lowest BCUT2D eigenvalue weighted by molar-refractivity contribution is -0.136. The van der Waals surface area contributed by atoms with Crippen LogP contribution in [0.2, 0.25) is 0 Å². The Balaban J connectivity index is 1.71. The maximum absolute atomic E-state index is 12.0. The maximum atomic E-state index is 12.0. The summed E-state index contributed by atoms with van der Waals surface area (Å²) in [7, 11) is 0. The molecule has 1 unspecified atom stereocenters. The summed E-state index contributed by atoms with van der Waals surface area (Å²) >= 11 is 0. The second-order valence-corrected chi connectivity index (χ2v) is 6.79. The number of aryl methyl sites for hydroxylation is 1. The molecule has 5 heteroatoms. The van der Waals surface area contributed by atoms with E-state index in [1.165, 1.54) is 5.56 Å². The first-order chi connectivity index (χ1) is 11.7. The summed E-state index contributed by atoms with van der Waals surface area (Å²) in [4.78, 5) is 23.2. The van der Waals surface area contributed by atoms with Gasteiger partial charge in [-0.1, -0.05) is 30.3 Å². The number of piperidine rings is 1. The van der Waals surface area contributed by atoms with Crippen LogP contribution in [0.3, 0.4) is 0 Å². The van der Waals surface area contributed by atoms with Gasteiger partial charge in [-0.2, -0.15) is 0 Å². The standard InChI is InChI=1S/C19H21N3O2/c23-12-16(24)22-10-4-8-19(13-22)9-7-15-11-20-18(21-17(15)19)14-5-2-1-3-6-14/h1-3,5-6,11,23H,4,7-10,12-13H2. The van der Waals surface area contributed by atoms with Crippen LogP contribution in [0, 0.1) is 0 Å². The number of amides is 1. The molecule has 2 aromatic rings. The lowest BCUT2D eigenvalue weighted by Gasteiger charge is -2.40. The van der Waals surface area contributed by atoms with Crippen LogP contribution in [0.5, 0.6) is 0 Å². The minimum atomic E-state index is -0.415. The predicted molar refractivity (Wildman–Crippen MR) is 90.4 cm³/mol. The Labute approximate surface area is 141 Å². The second-order valence-electron chi connectivity index (χ2n) is 6.79. The van der Waals surface area contributed by atoms with Crippen molar-refractivity contribution in [2.75, 3.05) is 19.7 Å². The molecule has 2 heterocycles. The summed E-state index contributed by atoms with van der Waals surface area (Å²) in [5.74, 6) is 0.570. The quantitative estimate of drug-likeness (QED) is 0.917. The van der Waals surface area contributed by atoms with Crippen molar-refractivity contribution in [3.8, 4) is 11.4 Å². The van der Waals surface area contributed by atoms with E-state index in [1.807, 2.05) is 36.5 Å². The van der Waals surface area contributed by atoms with Crippen LogP contribution in [-0.2, 0) is 16.6 Å². The van der Waals surface area contributed by atoms with Crippen LogP contribution in [-0.4, -0.2) is 45.6 Å². The van der Waals surface area contributed by atoms with Crippen LogP contribution < -0.4 is 0 Å². The highest BCUT2D eigenvalue weighted by molar-refractivity contribution is 5.77. The van der Waals surface area contributed by atoms with Crippen molar-refractivity contribution in [1.82, 2.24) is 14.9 Å². The Kier molecular flexibility index (Phi) is 3.81. The molecule has 1 amide bonds. The van der Waals surface area contributed by atoms with Crippen LogP contribution in [0.4, 0.5) is 0 Å². The van der Waals surface area contributed by atoms with Gasteiger partial charge in [-0.3, -0.25) is 4.79 Å². The van der Waals surface area contributed by atoms with Gasteiger partial charge in [0.15, 0.2) is 5.82 Å². The lowest BCUT2D eigenvalue weighted by Crippen LogP contribution is -2.48. The first kappa shape index (κ1) is 15.3. The Hall–Kier alpha value is -2.27. The number of likely N-dealkylation sites (tertiary alicyclic amines) is 1. The summed E-state index contributed by atoms with van der Waals surface area (Å²) < 4.78 is 0. The number of carbonyl (C=O) groups excluding carboxylic acids is 1. The molecule has 24 heavy (non-hydrogen) atoms. The molecule has 1 aliphatic carbocycles. The third kappa shape index (κ3) is 2.49. The molecule has 1 spiro atoms. The topological polar surface area (TPSA) is 66.3 Å². The molecule has 1 N–H and O–H groups in total. The Morgan fingerprint density at radius 2 is 2.08 bits per heavy atom. The molecule has 1 aromatic heterocycles. The number of aromatic nitrogens is 2. The van der Waals surface area contributed by atoms with Gasteiger partial charge in [0.25, 0.3) is 0 Å². The van der Waals surface area contributed by atoms with E-state index >= 15 is 0 Å². The minimum absolute atomic E-state index is 0.0785. The predicted octanol–water partition coefficient (Wildman–Crippen LogP) is 1.94. The molecule has 1 aromatic carbocycles. The van der Waals surface area contributed by atoms with E-state index in [2.05, 4.69) is 4.98 Å². The van der Waals surface area contributed by atoms with E-state index in [0.717, 1.165) is 49.3 Å². The number of aliphatic hydroxyl groups is 1. The number of benzene rings is 1. The number of hydrogen-bond acceptors (Lipinski definition) is 4. The van der Waals surface area contributed by atoms with Gasteiger partial charge in [0, 0.05) is 30.3 Å².